The molecule has 3 aromatic rings. The van der Waals surface area contributed by atoms with Gasteiger partial charge in [-0.05, 0) is 54.7 Å². The van der Waals surface area contributed by atoms with Gasteiger partial charge in [0.25, 0.3) is 0 Å². The summed E-state index contributed by atoms with van der Waals surface area (Å²) in [5.74, 6) is -2.16. The summed E-state index contributed by atoms with van der Waals surface area (Å²) in [4.78, 5) is 13.7. The van der Waals surface area contributed by atoms with E-state index in [1.165, 1.54) is 11.6 Å². The molecule has 44 heavy (non-hydrogen) atoms. The second-order valence-electron chi connectivity index (χ2n) is 10.1. The number of hydrogen-bond donors (Lipinski definition) is 3. The Morgan fingerprint density at radius 1 is 1.07 bits per heavy atom. The van der Waals surface area contributed by atoms with Crippen molar-refractivity contribution in [3.05, 3.63) is 101 Å². The zero-order valence-corrected chi connectivity index (χ0v) is 27.2. The highest BCUT2D eigenvalue weighted by Crippen LogP contribution is 2.32. The molecule has 0 aliphatic carbocycles. The first kappa shape index (κ1) is 36.9. The van der Waals surface area contributed by atoms with Crippen LogP contribution in [0, 0.1) is 5.41 Å². The number of aliphatic carboxylic acids is 1. The van der Waals surface area contributed by atoms with Crippen LogP contribution in [0.25, 0.3) is 6.08 Å². The van der Waals surface area contributed by atoms with Crippen molar-refractivity contribution in [1.29, 1.82) is 5.41 Å². The summed E-state index contributed by atoms with van der Waals surface area (Å²) in [6.45, 7) is 2.69. The molecule has 238 valence electrons. The van der Waals surface area contributed by atoms with Crippen LogP contribution in [-0.2, 0) is 21.2 Å². The van der Waals surface area contributed by atoms with Gasteiger partial charge in [0.15, 0.2) is 5.75 Å². The summed E-state index contributed by atoms with van der Waals surface area (Å²) >= 11 is 6.55. The maximum Gasteiger partial charge on any atom is 0.320 e. The van der Waals surface area contributed by atoms with Crippen LogP contribution in [0.4, 0.5) is 5.69 Å². The fourth-order valence-corrected chi connectivity index (χ4v) is 6.25. The van der Waals surface area contributed by atoms with Gasteiger partial charge in [0.2, 0.25) is 10.0 Å². The molecule has 13 heteroatoms. The molecule has 0 spiro atoms. The standard InChI is InChI=1S/C31H35ClN4O5S.2ClH/c32-28-21-26(11-12-29(28)41-27-14-18-35(19-15-27)17-13-23-6-2-1-3-7-23)36(42(39,40)22-30(37)38)16-5-9-24-8-4-10-25(20-24)31(33)34;;/h1-12,20-21,27H,13-19,22H2,(H3,33,34)(H,37,38);2*1H/b9-5+;;. The lowest BCUT2D eigenvalue weighted by Gasteiger charge is -2.32. The normalized spacial score (nSPS) is 13.9. The zero-order valence-electron chi connectivity index (χ0n) is 24.0. The summed E-state index contributed by atoms with van der Waals surface area (Å²) in [6, 6.07) is 22.0. The van der Waals surface area contributed by atoms with Crippen LogP contribution < -0.4 is 14.8 Å². The minimum atomic E-state index is -4.22. The third-order valence-electron chi connectivity index (χ3n) is 7.01. The minimum absolute atomic E-state index is 0. The third-order valence-corrected chi connectivity index (χ3v) is 8.95. The Kier molecular flexibility index (Phi) is 14.5. The van der Waals surface area contributed by atoms with Gasteiger partial charge < -0.3 is 20.5 Å². The van der Waals surface area contributed by atoms with Gasteiger partial charge in [-0.1, -0.05) is 72.3 Å². The van der Waals surface area contributed by atoms with E-state index in [1.54, 1.807) is 48.6 Å². The average molecular weight is 684 g/mol. The summed E-state index contributed by atoms with van der Waals surface area (Å²) < 4.78 is 33.2. The lowest BCUT2D eigenvalue weighted by Crippen LogP contribution is -2.39. The van der Waals surface area contributed by atoms with Crippen LogP contribution in [0.15, 0.2) is 78.9 Å². The smallest absolute Gasteiger partial charge is 0.320 e. The van der Waals surface area contributed by atoms with E-state index in [4.69, 9.17) is 27.5 Å². The SMILES string of the molecule is Cl.Cl.N=C(N)c1cccc(/C=C/CN(c2ccc(OC3CCN(CCc4ccccc4)CC3)c(Cl)c2)S(=O)(=O)CC(=O)O)c1. The van der Waals surface area contributed by atoms with Gasteiger partial charge in [-0.3, -0.25) is 14.5 Å². The van der Waals surface area contributed by atoms with Crippen LogP contribution in [0.3, 0.4) is 0 Å². The lowest BCUT2D eigenvalue weighted by molar-refractivity contribution is -0.134. The number of carboxylic acid groups (broad SMARTS) is 1. The molecule has 0 saturated carbocycles. The Balaban J connectivity index is 0.00000337. The van der Waals surface area contributed by atoms with E-state index in [2.05, 4.69) is 29.2 Å². The van der Waals surface area contributed by atoms with Crippen molar-refractivity contribution in [3.63, 3.8) is 0 Å². The highest BCUT2D eigenvalue weighted by Gasteiger charge is 2.26. The Morgan fingerprint density at radius 3 is 2.41 bits per heavy atom. The summed E-state index contributed by atoms with van der Waals surface area (Å²) in [6.07, 6.45) is 5.97. The number of carbonyl (C=O) groups is 1. The predicted molar refractivity (Wildman–Crippen MR) is 181 cm³/mol. The Hall–Kier alpha value is -3.28. The largest absolute Gasteiger partial charge is 0.489 e. The van der Waals surface area contributed by atoms with Gasteiger partial charge in [-0.15, -0.1) is 24.8 Å². The number of nitrogens with one attached hydrogen (secondary N) is 1. The number of anilines is 1. The lowest BCUT2D eigenvalue weighted by atomic mass is 10.1. The molecule has 0 radical (unpaired) electrons. The molecule has 0 aromatic heterocycles. The molecule has 1 fully saturated rings. The molecule has 4 rings (SSSR count). The van der Waals surface area contributed by atoms with Gasteiger partial charge in [0.05, 0.1) is 17.3 Å². The molecular weight excluding hydrogens is 647 g/mol. The number of halogens is 3. The summed E-state index contributed by atoms with van der Waals surface area (Å²) in [7, 11) is -4.22. The first-order valence-corrected chi connectivity index (χ1v) is 15.6. The number of amidine groups is 1. The second-order valence-corrected chi connectivity index (χ2v) is 12.4. The van der Waals surface area contributed by atoms with Crippen molar-refractivity contribution < 1.29 is 23.1 Å². The maximum absolute atomic E-state index is 13.0. The number of ether oxygens (including phenoxy) is 1. The van der Waals surface area contributed by atoms with Crippen molar-refractivity contribution in [2.45, 2.75) is 25.4 Å². The van der Waals surface area contributed by atoms with Gasteiger partial charge in [-0.25, -0.2) is 8.42 Å². The Labute approximate surface area is 276 Å². The third kappa shape index (κ3) is 10.7. The van der Waals surface area contributed by atoms with Crippen LogP contribution in [-0.4, -0.2) is 68.3 Å². The van der Waals surface area contributed by atoms with Crippen molar-refractivity contribution >= 4 is 70.0 Å². The summed E-state index contributed by atoms with van der Waals surface area (Å²) in [5, 5.41) is 17.1. The molecule has 0 atom stereocenters. The number of carboxylic acids is 1. The van der Waals surface area contributed by atoms with Crippen LogP contribution in [0.1, 0.15) is 29.5 Å². The molecule has 3 aromatic carbocycles. The monoisotopic (exact) mass is 682 g/mol. The van der Waals surface area contributed by atoms with Crippen molar-refractivity contribution in [2.75, 3.05) is 36.2 Å². The minimum Gasteiger partial charge on any atom is -0.489 e. The van der Waals surface area contributed by atoms with Gasteiger partial charge in [0, 0.05) is 25.2 Å². The predicted octanol–water partition coefficient (Wildman–Crippen LogP) is 5.49. The van der Waals surface area contributed by atoms with Gasteiger partial charge in [0.1, 0.15) is 17.7 Å². The number of likely N-dealkylation sites (tertiary alicyclic amines) is 1. The van der Waals surface area contributed by atoms with E-state index in [0.717, 1.165) is 43.2 Å². The number of sulfonamides is 1. The fourth-order valence-electron chi connectivity index (χ4n) is 4.81. The molecule has 1 aliphatic heterocycles. The highest BCUT2D eigenvalue weighted by atomic mass is 35.5. The van der Waals surface area contributed by atoms with E-state index in [1.807, 2.05) is 6.07 Å². The summed E-state index contributed by atoms with van der Waals surface area (Å²) in [5.41, 5.74) is 8.35. The van der Waals surface area contributed by atoms with E-state index in [9.17, 15) is 18.3 Å². The molecule has 4 N–H and O–H groups in total. The fraction of sp³-hybridized carbons (Fsp3) is 0.290. The molecule has 9 nitrogen and oxygen atoms in total. The van der Waals surface area contributed by atoms with Crippen LogP contribution in [0.2, 0.25) is 5.02 Å². The molecule has 0 amide bonds. The van der Waals surface area contributed by atoms with Crippen molar-refractivity contribution in [3.8, 4) is 5.75 Å². The molecule has 1 aliphatic rings. The van der Waals surface area contributed by atoms with E-state index >= 15 is 0 Å². The number of benzene rings is 3. The number of nitrogen functional groups attached to an aromatic ring is 1. The van der Waals surface area contributed by atoms with Crippen LogP contribution >= 0.6 is 36.4 Å². The first-order valence-electron chi connectivity index (χ1n) is 13.7. The Bertz CT molecular complexity index is 1530. The number of rotatable bonds is 13. The molecular formula is C31H37Cl3N4O5S. The van der Waals surface area contributed by atoms with Gasteiger partial charge >= 0.3 is 5.97 Å². The maximum atomic E-state index is 13.0. The topological polar surface area (TPSA) is 137 Å². The molecule has 0 unspecified atom stereocenters. The Morgan fingerprint density at radius 2 is 1.77 bits per heavy atom. The second kappa shape index (κ2) is 17.3. The van der Waals surface area contributed by atoms with E-state index in [-0.39, 0.29) is 54.0 Å². The zero-order chi connectivity index (χ0) is 30.1. The average Bonchev–Trinajstić information content (AvgIpc) is 2.96. The number of nitrogens with two attached hydrogens (primary N) is 1. The van der Waals surface area contributed by atoms with Crippen LogP contribution in [0.5, 0.6) is 5.75 Å². The van der Waals surface area contributed by atoms with E-state index < -0.39 is 21.7 Å². The first-order chi connectivity index (χ1) is 20.1. The van der Waals surface area contributed by atoms with E-state index in [0.29, 0.717) is 16.9 Å². The molecule has 1 saturated heterocycles. The van der Waals surface area contributed by atoms with Gasteiger partial charge in [-0.2, -0.15) is 0 Å². The number of piperidine rings is 1. The number of nitrogens with zero attached hydrogens (tertiary/aromatic N) is 2. The highest BCUT2D eigenvalue weighted by molar-refractivity contribution is 7.93. The quantitative estimate of drug-likeness (QED) is 0.160. The number of hydrogen-bond acceptors (Lipinski definition) is 6. The van der Waals surface area contributed by atoms with Crippen molar-refractivity contribution in [1.82, 2.24) is 4.90 Å². The molecule has 1 heterocycles. The molecule has 0 bridgehead atoms. The van der Waals surface area contributed by atoms with Crippen molar-refractivity contribution in [2.24, 2.45) is 5.73 Å².